The standard InChI is InChI=1S/C14H18F2N2O3S/c1-10-8-17-6-7-18(10)13(19)12-4-2-11(3-5-12)9-22(20,21)14(15)16/h2-5,10,14,17H,6-9H2,1H3/t10-/m1/s1. The maximum atomic E-state index is 12.4. The minimum atomic E-state index is -4.45. The van der Waals surface area contributed by atoms with Gasteiger partial charge in [0, 0.05) is 31.2 Å². The predicted molar refractivity (Wildman–Crippen MR) is 78.4 cm³/mol. The summed E-state index contributed by atoms with van der Waals surface area (Å²) < 4.78 is 47.0. The van der Waals surface area contributed by atoms with Gasteiger partial charge in [0.25, 0.3) is 5.91 Å². The van der Waals surface area contributed by atoms with Crippen molar-refractivity contribution in [2.45, 2.75) is 24.5 Å². The number of carbonyl (C=O) groups is 1. The Hall–Kier alpha value is -1.54. The van der Waals surface area contributed by atoms with Crippen LogP contribution in [0.15, 0.2) is 24.3 Å². The fraction of sp³-hybridized carbons (Fsp3) is 0.500. The van der Waals surface area contributed by atoms with Gasteiger partial charge in [0.2, 0.25) is 9.84 Å². The van der Waals surface area contributed by atoms with Crippen LogP contribution >= 0.6 is 0 Å². The summed E-state index contributed by atoms with van der Waals surface area (Å²) in [5, 5.41) is 3.18. The Morgan fingerprint density at radius 3 is 2.55 bits per heavy atom. The highest BCUT2D eigenvalue weighted by atomic mass is 32.2. The van der Waals surface area contributed by atoms with Gasteiger partial charge in [0.1, 0.15) is 0 Å². The smallest absolute Gasteiger partial charge is 0.333 e. The zero-order chi connectivity index (χ0) is 16.3. The Morgan fingerprint density at radius 1 is 1.36 bits per heavy atom. The van der Waals surface area contributed by atoms with Gasteiger partial charge in [-0.3, -0.25) is 4.79 Å². The fourth-order valence-corrected chi connectivity index (χ4v) is 3.13. The molecule has 0 unspecified atom stereocenters. The molecule has 1 atom stereocenters. The number of piperazine rings is 1. The molecular formula is C14H18F2N2O3S. The Labute approximate surface area is 128 Å². The Morgan fingerprint density at radius 2 is 2.00 bits per heavy atom. The van der Waals surface area contributed by atoms with E-state index in [1.165, 1.54) is 24.3 Å². The van der Waals surface area contributed by atoms with E-state index in [1.54, 1.807) is 4.90 Å². The molecule has 1 aromatic carbocycles. The molecule has 0 aromatic heterocycles. The van der Waals surface area contributed by atoms with E-state index >= 15 is 0 Å². The number of halogens is 2. The molecule has 1 amide bonds. The van der Waals surface area contributed by atoms with Gasteiger partial charge in [0.05, 0.1) is 5.75 Å². The van der Waals surface area contributed by atoms with Crippen LogP contribution in [-0.4, -0.2) is 50.7 Å². The van der Waals surface area contributed by atoms with Gasteiger partial charge < -0.3 is 10.2 Å². The molecule has 1 fully saturated rings. The number of sulfone groups is 1. The first-order valence-corrected chi connectivity index (χ1v) is 8.63. The van der Waals surface area contributed by atoms with Crippen molar-refractivity contribution >= 4 is 15.7 Å². The molecule has 1 saturated heterocycles. The lowest BCUT2D eigenvalue weighted by molar-refractivity contribution is 0.0655. The second-order valence-electron chi connectivity index (χ2n) is 5.32. The van der Waals surface area contributed by atoms with Crippen LogP contribution < -0.4 is 5.32 Å². The van der Waals surface area contributed by atoms with Crippen LogP contribution in [-0.2, 0) is 15.6 Å². The Bertz CT molecular complexity index is 632. The largest absolute Gasteiger partial charge is 0.337 e. The molecule has 1 N–H and O–H groups in total. The van der Waals surface area contributed by atoms with Crippen LogP contribution in [0.1, 0.15) is 22.8 Å². The SMILES string of the molecule is C[C@@H]1CNCCN1C(=O)c1ccc(CS(=O)(=O)C(F)F)cc1. The van der Waals surface area contributed by atoms with Gasteiger partial charge in [-0.25, -0.2) is 8.42 Å². The number of amides is 1. The highest BCUT2D eigenvalue weighted by Gasteiger charge is 2.26. The van der Waals surface area contributed by atoms with Crippen LogP contribution in [0.5, 0.6) is 0 Å². The first-order valence-electron chi connectivity index (χ1n) is 6.91. The lowest BCUT2D eigenvalue weighted by Crippen LogP contribution is -2.52. The predicted octanol–water partition coefficient (Wildman–Crippen LogP) is 1.26. The second-order valence-corrected chi connectivity index (χ2v) is 7.29. The van der Waals surface area contributed by atoms with Crippen LogP contribution in [0.25, 0.3) is 0 Å². The van der Waals surface area contributed by atoms with Crippen LogP contribution in [0.4, 0.5) is 8.78 Å². The molecule has 1 aliphatic heterocycles. The van der Waals surface area contributed by atoms with E-state index in [0.29, 0.717) is 12.1 Å². The van der Waals surface area contributed by atoms with E-state index in [-0.39, 0.29) is 17.5 Å². The summed E-state index contributed by atoms with van der Waals surface area (Å²) >= 11 is 0. The first kappa shape index (κ1) is 16.8. The van der Waals surface area contributed by atoms with Crippen molar-refractivity contribution in [1.29, 1.82) is 0 Å². The summed E-state index contributed by atoms with van der Waals surface area (Å²) in [6.07, 6.45) is 0. The number of nitrogens with zero attached hydrogens (tertiary/aromatic N) is 1. The number of rotatable bonds is 4. The molecule has 122 valence electrons. The monoisotopic (exact) mass is 332 g/mol. The molecule has 0 saturated carbocycles. The number of hydrogen-bond donors (Lipinski definition) is 1. The molecule has 5 nitrogen and oxygen atoms in total. The van der Waals surface area contributed by atoms with Gasteiger partial charge >= 0.3 is 5.76 Å². The number of alkyl halides is 2. The van der Waals surface area contributed by atoms with Crippen molar-refractivity contribution in [3.05, 3.63) is 35.4 Å². The molecule has 0 radical (unpaired) electrons. The van der Waals surface area contributed by atoms with E-state index in [1.807, 2.05) is 6.92 Å². The maximum absolute atomic E-state index is 12.4. The zero-order valence-corrected chi connectivity index (χ0v) is 12.9. The summed E-state index contributed by atoms with van der Waals surface area (Å²) in [4.78, 5) is 14.1. The van der Waals surface area contributed by atoms with Crippen molar-refractivity contribution in [2.75, 3.05) is 19.6 Å². The average Bonchev–Trinajstić information content (AvgIpc) is 2.47. The highest BCUT2D eigenvalue weighted by molar-refractivity contribution is 7.90. The topological polar surface area (TPSA) is 66.5 Å². The lowest BCUT2D eigenvalue weighted by Gasteiger charge is -2.34. The quantitative estimate of drug-likeness (QED) is 0.901. The van der Waals surface area contributed by atoms with Crippen molar-refractivity contribution in [3.8, 4) is 0 Å². The van der Waals surface area contributed by atoms with Crippen molar-refractivity contribution in [1.82, 2.24) is 10.2 Å². The minimum Gasteiger partial charge on any atom is -0.333 e. The molecule has 0 spiro atoms. The highest BCUT2D eigenvalue weighted by Crippen LogP contribution is 2.16. The summed E-state index contributed by atoms with van der Waals surface area (Å²) in [6.45, 7) is 3.98. The molecule has 22 heavy (non-hydrogen) atoms. The van der Waals surface area contributed by atoms with Gasteiger partial charge in [-0.2, -0.15) is 8.78 Å². The van der Waals surface area contributed by atoms with E-state index in [2.05, 4.69) is 5.32 Å². The zero-order valence-electron chi connectivity index (χ0n) is 12.1. The van der Waals surface area contributed by atoms with Gasteiger partial charge in [0.15, 0.2) is 0 Å². The fourth-order valence-electron chi connectivity index (χ4n) is 2.35. The summed E-state index contributed by atoms with van der Waals surface area (Å²) in [6, 6.07) is 5.83. The second kappa shape index (κ2) is 6.70. The van der Waals surface area contributed by atoms with Crippen LogP contribution in [0, 0.1) is 0 Å². The van der Waals surface area contributed by atoms with E-state index in [0.717, 1.165) is 13.1 Å². The van der Waals surface area contributed by atoms with E-state index in [9.17, 15) is 22.0 Å². The third-order valence-electron chi connectivity index (χ3n) is 3.60. The first-order chi connectivity index (χ1) is 10.3. The van der Waals surface area contributed by atoms with Crippen molar-refractivity contribution in [2.24, 2.45) is 0 Å². The third kappa shape index (κ3) is 3.80. The van der Waals surface area contributed by atoms with Crippen molar-refractivity contribution in [3.63, 3.8) is 0 Å². The molecule has 0 bridgehead atoms. The van der Waals surface area contributed by atoms with Gasteiger partial charge in [-0.05, 0) is 24.6 Å². The number of benzene rings is 1. The maximum Gasteiger partial charge on any atom is 0.337 e. The number of carbonyl (C=O) groups excluding carboxylic acids is 1. The summed E-state index contributed by atoms with van der Waals surface area (Å²) in [5.74, 6) is -4.27. The number of hydrogen-bond acceptors (Lipinski definition) is 4. The summed E-state index contributed by atoms with van der Waals surface area (Å²) in [7, 11) is -4.45. The van der Waals surface area contributed by atoms with E-state index in [4.69, 9.17) is 0 Å². The molecule has 0 aliphatic carbocycles. The van der Waals surface area contributed by atoms with E-state index < -0.39 is 21.3 Å². The minimum absolute atomic E-state index is 0.0696. The van der Waals surface area contributed by atoms with Gasteiger partial charge in [-0.1, -0.05) is 12.1 Å². The molecule has 1 aliphatic rings. The Balaban J connectivity index is 2.10. The van der Waals surface area contributed by atoms with Crippen LogP contribution in [0.2, 0.25) is 0 Å². The summed E-state index contributed by atoms with van der Waals surface area (Å²) in [5.41, 5.74) is 0.664. The van der Waals surface area contributed by atoms with Crippen molar-refractivity contribution < 1.29 is 22.0 Å². The molecular weight excluding hydrogens is 314 g/mol. The van der Waals surface area contributed by atoms with Gasteiger partial charge in [-0.15, -0.1) is 0 Å². The molecule has 2 rings (SSSR count). The third-order valence-corrected chi connectivity index (χ3v) is 4.88. The average molecular weight is 332 g/mol. The van der Waals surface area contributed by atoms with Crippen LogP contribution in [0.3, 0.4) is 0 Å². The normalized spacial score (nSPS) is 19.5. The molecule has 8 heteroatoms. The molecule has 1 heterocycles. The lowest BCUT2D eigenvalue weighted by atomic mass is 10.1. The Kier molecular flexibility index (Phi) is 5.12. The number of nitrogens with one attached hydrogen (secondary N) is 1. The molecule has 1 aromatic rings.